The molecule has 0 heterocycles. The first-order valence-electron chi connectivity index (χ1n) is 7.01. The lowest BCUT2D eigenvalue weighted by Crippen LogP contribution is -2.22. The summed E-state index contributed by atoms with van der Waals surface area (Å²) in [5.74, 6) is 0.873. The molecule has 0 atom stereocenters. The summed E-state index contributed by atoms with van der Waals surface area (Å²) in [6, 6.07) is 14.3. The largest absolute Gasteiger partial charge is 0.496 e. The van der Waals surface area contributed by atoms with Crippen molar-refractivity contribution in [2.24, 2.45) is 0 Å². The van der Waals surface area contributed by atoms with Crippen LogP contribution in [0.5, 0.6) is 5.75 Å². The average Bonchev–Trinajstić information content (AvgIpc) is 2.55. The standard InChI is InChI=1S/C16H19N3O3.ClH/c1-22-16-5-3-2-4-13(16)12-17-10-11-18-14-6-8-15(9-7-14)19(20)21;/h2-9,17-18H,10-12H2,1H3;1H. The molecule has 2 rings (SSSR count). The van der Waals surface area contributed by atoms with Gasteiger partial charge in [-0.3, -0.25) is 10.1 Å². The summed E-state index contributed by atoms with van der Waals surface area (Å²) in [4.78, 5) is 10.2. The van der Waals surface area contributed by atoms with E-state index in [4.69, 9.17) is 4.74 Å². The van der Waals surface area contributed by atoms with Gasteiger partial charge < -0.3 is 15.4 Å². The molecule has 23 heavy (non-hydrogen) atoms. The first-order chi connectivity index (χ1) is 10.7. The van der Waals surface area contributed by atoms with E-state index in [1.54, 1.807) is 19.2 Å². The van der Waals surface area contributed by atoms with E-state index in [1.165, 1.54) is 12.1 Å². The molecule has 0 radical (unpaired) electrons. The maximum Gasteiger partial charge on any atom is 0.269 e. The molecule has 2 aromatic rings. The molecule has 7 heteroatoms. The van der Waals surface area contributed by atoms with Crippen molar-refractivity contribution in [2.45, 2.75) is 6.54 Å². The number of hydrogen-bond acceptors (Lipinski definition) is 5. The molecule has 0 fully saturated rings. The molecule has 0 bridgehead atoms. The Bertz CT molecular complexity index is 620. The Labute approximate surface area is 141 Å². The third-order valence-corrected chi connectivity index (χ3v) is 3.22. The van der Waals surface area contributed by atoms with Crippen LogP contribution in [0.25, 0.3) is 0 Å². The summed E-state index contributed by atoms with van der Waals surface area (Å²) in [6.07, 6.45) is 0. The van der Waals surface area contributed by atoms with Gasteiger partial charge in [0.25, 0.3) is 5.69 Å². The van der Waals surface area contributed by atoms with Crippen LogP contribution in [0.1, 0.15) is 5.56 Å². The Balaban J connectivity index is 0.00000264. The molecule has 124 valence electrons. The Morgan fingerprint density at radius 3 is 2.43 bits per heavy atom. The molecule has 0 aliphatic heterocycles. The minimum absolute atomic E-state index is 0. The number of methoxy groups -OCH3 is 1. The van der Waals surface area contributed by atoms with Gasteiger partial charge in [-0.2, -0.15) is 0 Å². The van der Waals surface area contributed by atoms with Crippen molar-refractivity contribution in [3.05, 3.63) is 64.2 Å². The number of benzene rings is 2. The number of ether oxygens (including phenoxy) is 1. The van der Waals surface area contributed by atoms with Crippen LogP contribution in [-0.4, -0.2) is 25.1 Å². The van der Waals surface area contributed by atoms with Crippen LogP contribution in [0.3, 0.4) is 0 Å². The van der Waals surface area contributed by atoms with Gasteiger partial charge in [-0.1, -0.05) is 18.2 Å². The van der Waals surface area contributed by atoms with Gasteiger partial charge in [-0.05, 0) is 18.2 Å². The van der Waals surface area contributed by atoms with E-state index in [-0.39, 0.29) is 18.1 Å². The predicted molar refractivity (Wildman–Crippen MR) is 93.5 cm³/mol. The predicted octanol–water partition coefficient (Wildman–Crippen LogP) is 3.23. The van der Waals surface area contributed by atoms with E-state index in [0.29, 0.717) is 0 Å². The van der Waals surface area contributed by atoms with Crippen LogP contribution in [0.15, 0.2) is 48.5 Å². The van der Waals surface area contributed by atoms with Gasteiger partial charge >= 0.3 is 0 Å². The summed E-state index contributed by atoms with van der Waals surface area (Å²) < 4.78 is 5.29. The summed E-state index contributed by atoms with van der Waals surface area (Å²) in [7, 11) is 1.66. The Kier molecular flexibility index (Phi) is 7.87. The van der Waals surface area contributed by atoms with E-state index in [9.17, 15) is 10.1 Å². The van der Waals surface area contributed by atoms with Gasteiger partial charge in [0.05, 0.1) is 12.0 Å². The van der Waals surface area contributed by atoms with Crippen LogP contribution in [0, 0.1) is 10.1 Å². The third-order valence-electron chi connectivity index (χ3n) is 3.22. The smallest absolute Gasteiger partial charge is 0.269 e. The van der Waals surface area contributed by atoms with Crippen molar-refractivity contribution < 1.29 is 9.66 Å². The minimum atomic E-state index is -0.404. The molecular formula is C16H20ClN3O3. The quantitative estimate of drug-likeness (QED) is 0.439. The van der Waals surface area contributed by atoms with Gasteiger partial charge in [-0.25, -0.2) is 0 Å². The van der Waals surface area contributed by atoms with E-state index >= 15 is 0 Å². The molecule has 2 aromatic carbocycles. The zero-order valence-corrected chi connectivity index (χ0v) is 13.6. The van der Waals surface area contributed by atoms with Gasteiger partial charge in [0.15, 0.2) is 0 Å². The highest BCUT2D eigenvalue weighted by Gasteiger charge is 2.03. The summed E-state index contributed by atoms with van der Waals surface area (Å²) >= 11 is 0. The molecule has 0 aliphatic rings. The molecule has 0 saturated carbocycles. The van der Waals surface area contributed by atoms with Gasteiger partial charge in [-0.15, -0.1) is 12.4 Å². The molecule has 0 aromatic heterocycles. The first kappa shape index (κ1) is 18.7. The van der Waals surface area contributed by atoms with Crippen LogP contribution >= 0.6 is 12.4 Å². The number of halogens is 1. The zero-order chi connectivity index (χ0) is 15.8. The Hall–Kier alpha value is -2.31. The molecule has 0 aliphatic carbocycles. The number of nitrogens with one attached hydrogen (secondary N) is 2. The second kappa shape index (κ2) is 9.66. The van der Waals surface area contributed by atoms with Gasteiger partial charge in [0, 0.05) is 43.0 Å². The van der Waals surface area contributed by atoms with E-state index < -0.39 is 4.92 Å². The van der Waals surface area contributed by atoms with Crippen LogP contribution in [0.4, 0.5) is 11.4 Å². The Morgan fingerprint density at radius 1 is 1.09 bits per heavy atom. The zero-order valence-electron chi connectivity index (χ0n) is 12.8. The summed E-state index contributed by atoms with van der Waals surface area (Å²) in [5, 5.41) is 17.1. The number of nitrogens with zero attached hydrogens (tertiary/aromatic N) is 1. The minimum Gasteiger partial charge on any atom is -0.496 e. The molecular weight excluding hydrogens is 318 g/mol. The molecule has 2 N–H and O–H groups in total. The molecule has 0 spiro atoms. The summed E-state index contributed by atoms with van der Waals surface area (Å²) in [5.41, 5.74) is 2.07. The second-order valence-electron chi connectivity index (χ2n) is 4.72. The molecule has 0 unspecified atom stereocenters. The van der Waals surface area contributed by atoms with Gasteiger partial charge in [0.2, 0.25) is 0 Å². The lowest BCUT2D eigenvalue weighted by Gasteiger charge is -2.10. The van der Waals surface area contributed by atoms with Gasteiger partial charge in [0.1, 0.15) is 5.75 Å². The topological polar surface area (TPSA) is 76.4 Å². The number of non-ortho nitro benzene ring substituents is 1. The molecule has 0 amide bonds. The van der Waals surface area contributed by atoms with E-state index in [0.717, 1.165) is 36.6 Å². The maximum atomic E-state index is 10.6. The lowest BCUT2D eigenvalue weighted by atomic mass is 10.2. The number of rotatable bonds is 8. The summed E-state index contributed by atoms with van der Waals surface area (Å²) in [6.45, 7) is 2.23. The highest BCUT2D eigenvalue weighted by atomic mass is 35.5. The highest BCUT2D eigenvalue weighted by molar-refractivity contribution is 5.85. The fourth-order valence-electron chi connectivity index (χ4n) is 2.07. The van der Waals surface area contributed by atoms with E-state index in [2.05, 4.69) is 10.6 Å². The van der Waals surface area contributed by atoms with Crippen LogP contribution < -0.4 is 15.4 Å². The number of nitro benzene ring substituents is 1. The second-order valence-corrected chi connectivity index (χ2v) is 4.72. The monoisotopic (exact) mass is 337 g/mol. The van der Waals surface area contributed by atoms with Crippen molar-refractivity contribution in [3.8, 4) is 5.75 Å². The first-order valence-corrected chi connectivity index (χ1v) is 7.01. The van der Waals surface area contributed by atoms with Crippen molar-refractivity contribution in [1.29, 1.82) is 0 Å². The van der Waals surface area contributed by atoms with Crippen molar-refractivity contribution in [1.82, 2.24) is 5.32 Å². The average molecular weight is 338 g/mol. The fraction of sp³-hybridized carbons (Fsp3) is 0.250. The normalized spacial score (nSPS) is 9.78. The lowest BCUT2D eigenvalue weighted by molar-refractivity contribution is -0.384. The third kappa shape index (κ3) is 5.77. The van der Waals surface area contributed by atoms with Crippen molar-refractivity contribution >= 4 is 23.8 Å². The number of anilines is 1. The number of para-hydroxylation sites is 1. The molecule has 6 nitrogen and oxygen atoms in total. The molecule has 0 saturated heterocycles. The van der Waals surface area contributed by atoms with Crippen LogP contribution in [-0.2, 0) is 6.54 Å². The fourth-order valence-corrected chi connectivity index (χ4v) is 2.07. The Morgan fingerprint density at radius 2 is 1.78 bits per heavy atom. The van der Waals surface area contributed by atoms with Crippen molar-refractivity contribution in [2.75, 3.05) is 25.5 Å². The maximum absolute atomic E-state index is 10.6. The SMILES string of the molecule is COc1ccccc1CNCCNc1ccc([N+](=O)[O-])cc1.Cl. The van der Waals surface area contributed by atoms with Crippen molar-refractivity contribution in [3.63, 3.8) is 0 Å². The number of hydrogen-bond donors (Lipinski definition) is 2. The van der Waals surface area contributed by atoms with E-state index in [1.807, 2.05) is 24.3 Å². The number of nitro groups is 1. The van der Waals surface area contributed by atoms with Crippen LogP contribution in [0.2, 0.25) is 0 Å². The highest BCUT2D eigenvalue weighted by Crippen LogP contribution is 2.17.